The number of halogens is 3. The monoisotopic (exact) mass is 545 g/mol. The van der Waals surface area contributed by atoms with Gasteiger partial charge in [-0.1, -0.05) is 55.6 Å². The average Bonchev–Trinajstić information content (AvgIpc) is 2.79. The molecule has 7 nitrogen and oxygen atoms in total. The summed E-state index contributed by atoms with van der Waals surface area (Å²) < 4.78 is 39.6. The van der Waals surface area contributed by atoms with E-state index in [1.807, 2.05) is 6.92 Å². The first-order valence-electron chi connectivity index (χ1n) is 11.2. The molecular weight excluding hydrogens is 516 g/mol. The Bertz CT molecular complexity index is 1130. The van der Waals surface area contributed by atoms with Crippen molar-refractivity contribution in [3.05, 3.63) is 63.9 Å². The third kappa shape index (κ3) is 8.37. The zero-order valence-electron chi connectivity index (χ0n) is 19.9. The molecule has 2 rings (SSSR count). The summed E-state index contributed by atoms with van der Waals surface area (Å²) >= 11 is 12.3. The number of carbonyl (C=O) groups is 2. The summed E-state index contributed by atoms with van der Waals surface area (Å²) in [6.07, 6.45) is 2.92. The van der Waals surface area contributed by atoms with Gasteiger partial charge in [-0.2, -0.15) is 0 Å². The van der Waals surface area contributed by atoms with E-state index in [-0.39, 0.29) is 28.2 Å². The lowest BCUT2D eigenvalue weighted by Crippen LogP contribution is -2.52. The SMILES string of the molecule is CCCCNC(=O)[C@@H](CC)N(Cc1ccc(F)cc1)C(=O)CN(c1cc(Cl)ccc1Cl)S(C)(=O)=O. The van der Waals surface area contributed by atoms with Crippen molar-refractivity contribution < 1.29 is 22.4 Å². The third-order valence-corrected chi connectivity index (χ3v) is 7.02. The first-order chi connectivity index (χ1) is 16.5. The van der Waals surface area contributed by atoms with E-state index in [2.05, 4.69) is 5.32 Å². The number of nitrogens with zero attached hydrogens (tertiary/aromatic N) is 2. The summed E-state index contributed by atoms with van der Waals surface area (Å²) in [5.41, 5.74) is 0.642. The van der Waals surface area contributed by atoms with Gasteiger partial charge in [-0.05, 0) is 48.7 Å². The van der Waals surface area contributed by atoms with Crippen LogP contribution in [0.2, 0.25) is 10.0 Å². The van der Waals surface area contributed by atoms with Crippen molar-refractivity contribution in [2.24, 2.45) is 0 Å². The van der Waals surface area contributed by atoms with Crippen LogP contribution in [-0.2, 0) is 26.2 Å². The maximum Gasteiger partial charge on any atom is 0.244 e. The van der Waals surface area contributed by atoms with Crippen LogP contribution in [0.4, 0.5) is 10.1 Å². The van der Waals surface area contributed by atoms with Crippen LogP contribution in [0, 0.1) is 5.82 Å². The number of nitrogens with one attached hydrogen (secondary N) is 1. The molecule has 1 atom stereocenters. The zero-order chi connectivity index (χ0) is 26.2. The predicted molar refractivity (Wildman–Crippen MR) is 138 cm³/mol. The van der Waals surface area contributed by atoms with Crippen LogP contribution in [0.3, 0.4) is 0 Å². The van der Waals surface area contributed by atoms with Crippen molar-refractivity contribution >= 4 is 50.7 Å². The number of rotatable bonds is 12. The molecule has 0 aliphatic heterocycles. The number of amides is 2. The van der Waals surface area contributed by atoms with Gasteiger partial charge in [-0.3, -0.25) is 13.9 Å². The van der Waals surface area contributed by atoms with Crippen LogP contribution in [0.25, 0.3) is 0 Å². The van der Waals surface area contributed by atoms with E-state index in [1.54, 1.807) is 6.92 Å². The minimum atomic E-state index is -3.94. The lowest BCUT2D eigenvalue weighted by molar-refractivity contribution is -0.140. The number of hydrogen-bond acceptors (Lipinski definition) is 4. The van der Waals surface area contributed by atoms with Gasteiger partial charge < -0.3 is 10.2 Å². The van der Waals surface area contributed by atoms with Crippen LogP contribution < -0.4 is 9.62 Å². The molecule has 0 fully saturated rings. The second-order valence-electron chi connectivity index (χ2n) is 8.08. The van der Waals surface area contributed by atoms with E-state index in [0.29, 0.717) is 18.5 Å². The van der Waals surface area contributed by atoms with Gasteiger partial charge in [0, 0.05) is 18.1 Å². The summed E-state index contributed by atoms with van der Waals surface area (Å²) in [5.74, 6) is -1.40. The van der Waals surface area contributed by atoms with Crippen molar-refractivity contribution in [3.63, 3.8) is 0 Å². The van der Waals surface area contributed by atoms with Crippen LogP contribution in [-0.4, -0.2) is 50.5 Å². The Morgan fingerprint density at radius 3 is 2.31 bits per heavy atom. The van der Waals surface area contributed by atoms with E-state index < -0.39 is 34.3 Å². The van der Waals surface area contributed by atoms with Gasteiger partial charge in [-0.15, -0.1) is 0 Å². The largest absolute Gasteiger partial charge is 0.354 e. The Balaban J connectivity index is 2.43. The van der Waals surface area contributed by atoms with E-state index in [0.717, 1.165) is 23.4 Å². The van der Waals surface area contributed by atoms with E-state index in [4.69, 9.17) is 23.2 Å². The van der Waals surface area contributed by atoms with Crippen LogP contribution >= 0.6 is 23.2 Å². The molecule has 0 heterocycles. The molecule has 2 amide bonds. The summed E-state index contributed by atoms with van der Waals surface area (Å²) in [5, 5.41) is 3.18. The van der Waals surface area contributed by atoms with E-state index >= 15 is 0 Å². The fourth-order valence-corrected chi connectivity index (χ4v) is 4.77. The lowest BCUT2D eigenvalue weighted by Gasteiger charge is -2.33. The first kappa shape index (κ1) is 28.9. The molecule has 1 N–H and O–H groups in total. The topological polar surface area (TPSA) is 86.8 Å². The second kappa shape index (κ2) is 13.1. The minimum absolute atomic E-state index is 0.0142. The molecule has 0 saturated heterocycles. The molecule has 0 bridgehead atoms. The molecule has 2 aromatic rings. The first-order valence-corrected chi connectivity index (χ1v) is 13.8. The third-order valence-electron chi connectivity index (χ3n) is 5.34. The van der Waals surface area contributed by atoms with Crippen LogP contribution in [0.1, 0.15) is 38.7 Å². The van der Waals surface area contributed by atoms with E-state index in [9.17, 15) is 22.4 Å². The van der Waals surface area contributed by atoms with Gasteiger partial charge in [0.25, 0.3) is 0 Å². The number of carbonyl (C=O) groups excluding carboxylic acids is 2. The Hall–Kier alpha value is -2.36. The van der Waals surface area contributed by atoms with Gasteiger partial charge in [-0.25, -0.2) is 12.8 Å². The summed E-state index contributed by atoms with van der Waals surface area (Å²) in [7, 11) is -3.94. The molecule has 35 heavy (non-hydrogen) atoms. The maximum absolute atomic E-state index is 13.6. The van der Waals surface area contributed by atoms with Gasteiger partial charge >= 0.3 is 0 Å². The lowest BCUT2D eigenvalue weighted by atomic mass is 10.1. The highest BCUT2D eigenvalue weighted by molar-refractivity contribution is 7.92. The Morgan fingerprint density at radius 1 is 1.09 bits per heavy atom. The predicted octanol–water partition coefficient (Wildman–Crippen LogP) is 4.62. The number of unbranched alkanes of at least 4 members (excludes halogenated alkanes) is 1. The maximum atomic E-state index is 13.6. The molecule has 0 saturated carbocycles. The quantitative estimate of drug-likeness (QED) is 0.394. The molecular formula is C24H30Cl2FN3O4S. The Kier molecular flexibility index (Phi) is 10.8. The molecule has 0 radical (unpaired) electrons. The van der Waals surface area contributed by atoms with Gasteiger partial charge in [0.2, 0.25) is 21.8 Å². The molecule has 0 unspecified atom stereocenters. The molecule has 192 valence electrons. The normalized spacial score (nSPS) is 12.2. The van der Waals surface area contributed by atoms with Crippen molar-refractivity contribution in [2.75, 3.05) is 23.7 Å². The number of benzene rings is 2. The van der Waals surface area contributed by atoms with Gasteiger partial charge in [0.15, 0.2) is 0 Å². The smallest absolute Gasteiger partial charge is 0.244 e. The number of anilines is 1. The highest BCUT2D eigenvalue weighted by Crippen LogP contribution is 2.31. The highest BCUT2D eigenvalue weighted by Gasteiger charge is 2.32. The Morgan fingerprint density at radius 2 is 1.74 bits per heavy atom. The Labute approximate surface area is 216 Å². The van der Waals surface area contributed by atoms with Crippen molar-refractivity contribution in [1.82, 2.24) is 10.2 Å². The van der Waals surface area contributed by atoms with Gasteiger partial charge in [0.1, 0.15) is 18.4 Å². The van der Waals surface area contributed by atoms with Gasteiger partial charge in [0.05, 0.1) is 17.0 Å². The standard InChI is InChI=1S/C24H30Cl2FN3O4S/c1-4-6-13-28-24(32)21(5-2)29(15-17-7-10-19(27)11-8-17)23(31)16-30(35(3,33)34)22-14-18(25)9-12-20(22)26/h7-12,14,21H,4-6,13,15-16H2,1-3H3,(H,28,32)/t21-/m1/s1. The fourth-order valence-electron chi connectivity index (χ4n) is 3.48. The number of hydrogen-bond donors (Lipinski definition) is 1. The molecule has 0 aliphatic carbocycles. The highest BCUT2D eigenvalue weighted by atomic mass is 35.5. The fraction of sp³-hybridized carbons (Fsp3) is 0.417. The number of sulfonamides is 1. The molecule has 0 aliphatic rings. The van der Waals surface area contributed by atoms with Crippen molar-refractivity contribution in [3.8, 4) is 0 Å². The van der Waals surface area contributed by atoms with Crippen molar-refractivity contribution in [2.45, 2.75) is 45.7 Å². The minimum Gasteiger partial charge on any atom is -0.354 e. The van der Waals surface area contributed by atoms with Crippen molar-refractivity contribution in [1.29, 1.82) is 0 Å². The molecule has 0 aromatic heterocycles. The summed E-state index contributed by atoms with van der Waals surface area (Å²) in [4.78, 5) is 27.8. The zero-order valence-corrected chi connectivity index (χ0v) is 22.3. The molecule has 0 spiro atoms. The average molecular weight is 546 g/mol. The van der Waals surface area contributed by atoms with Crippen LogP contribution in [0.15, 0.2) is 42.5 Å². The molecule has 2 aromatic carbocycles. The second-order valence-corrected chi connectivity index (χ2v) is 10.8. The molecule has 11 heteroatoms. The van der Waals surface area contributed by atoms with Crippen LogP contribution in [0.5, 0.6) is 0 Å². The summed E-state index contributed by atoms with van der Waals surface area (Å²) in [6, 6.07) is 8.99. The van der Waals surface area contributed by atoms with E-state index in [1.165, 1.54) is 47.4 Å². The summed E-state index contributed by atoms with van der Waals surface area (Å²) in [6.45, 7) is 3.60.